The zero-order chi connectivity index (χ0) is 22.5. The number of rotatable bonds is 6. The molecule has 4 rings (SSSR count). The Kier molecular flexibility index (Phi) is 6.20. The molecule has 32 heavy (non-hydrogen) atoms. The zero-order valence-corrected chi connectivity index (χ0v) is 18.2. The van der Waals surface area contributed by atoms with E-state index in [1.54, 1.807) is 51.0 Å². The molecule has 0 aliphatic carbocycles. The van der Waals surface area contributed by atoms with Gasteiger partial charge in [0.05, 0.1) is 41.7 Å². The summed E-state index contributed by atoms with van der Waals surface area (Å²) in [5.41, 5.74) is 4.19. The van der Waals surface area contributed by atoms with E-state index in [0.29, 0.717) is 39.0 Å². The van der Waals surface area contributed by atoms with Crippen molar-refractivity contribution in [3.8, 4) is 17.6 Å². The Bertz CT molecular complexity index is 1350. The molecule has 2 heterocycles. The van der Waals surface area contributed by atoms with Gasteiger partial charge in [0, 0.05) is 35.6 Å². The molecular formula is C25H19ClN4O2. The molecule has 0 spiro atoms. The molecule has 0 aliphatic heterocycles. The number of pyridine rings is 2. The van der Waals surface area contributed by atoms with Gasteiger partial charge in [-0.25, -0.2) is 0 Å². The molecule has 0 bridgehead atoms. The van der Waals surface area contributed by atoms with Crippen molar-refractivity contribution in [1.82, 2.24) is 9.97 Å². The van der Waals surface area contributed by atoms with E-state index in [1.807, 2.05) is 36.4 Å². The van der Waals surface area contributed by atoms with Crippen molar-refractivity contribution in [2.45, 2.75) is 0 Å². The molecule has 0 unspecified atom stereocenters. The molecule has 4 aromatic rings. The fraction of sp³-hybridized carbons (Fsp3) is 0.0800. The number of anilines is 2. The molecule has 1 N–H and O–H groups in total. The Morgan fingerprint density at radius 1 is 1.03 bits per heavy atom. The Morgan fingerprint density at radius 3 is 2.56 bits per heavy atom. The molecule has 0 amide bonds. The first-order valence-corrected chi connectivity index (χ1v) is 10.1. The third-order valence-electron chi connectivity index (χ3n) is 4.93. The van der Waals surface area contributed by atoms with Crippen LogP contribution in [0.2, 0.25) is 5.02 Å². The minimum Gasteiger partial charge on any atom is -0.497 e. The van der Waals surface area contributed by atoms with Crippen LogP contribution in [0.4, 0.5) is 11.4 Å². The fourth-order valence-corrected chi connectivity index (χ4v) is 3.45. The highest BCUT2D eigenvalue weighted by molar-refractivity contribution is 6.33. The van der Waals surface area contributed by atoms with Gasteiger partial charge in [-0.05, 0) is 42.0 Å². The lowest BCUT2D eigenvalue weighted by atomic mass is 10.0. The number of fused-ring (bicyclic) bond motifs is 1. The lowest BCUT2D eigenvalue weighted by molar-refractivity contribution is 0.414. The van der Waals surface area contributed by atoms with E-state index in [0.717, 1.165) is 16.5 Å². The molecule has 7 heteroatoms. The van der Waals surface area contributed by atoms with E-state index in [4.69, 9.17) is 21.1 Å². The fourth-order valence-electron chi connectivity index (χ4n) is 3.28. The van der Waals surface area contributed by atoms with Gasteiger partial charge in [-0.2, -0.15) is 5.26 Å². The van der Waals surface area contributed by atoms with E-state index in [9.17, 15) is 5.26 Å². The van der Waals surface area contributed by atoms with Gasteiger partial charge in [-0.15, -0.1) is 0 Å². The molecule has 0 radical (unpaired) electrons. The van der Waals surface area contributed by atoms with Gasteiger partial charge in [0.25, 0.3) is 0 Å². The summed E-state index contributed by atoms with van der Waals surface area (Å²) < 4.78 is 10.9. The van der Waals surface area contributed by atoms with Crippen molar-refractivity contribution in [3.05, 3.63) is 82.8 Å². The van der Waals surface area contributed by atoms with Crippen LogP contribution in [0.5, 0.6) is 11.5 Å². The topological polar surface area (TPSA) is 80.1 Å². The first kappa shape index (κ1) is 21.2. The monoisotopic (exact) mass is 442 g/mol. The lowest BCUT2D eigenvalue weighted by Gasteiger charge is -2.15. The molecule has 2 aromatic heterocycles. The van der Waals surface area contributed by atoms with Crippen LogP contribution in [0.1, 0.15) is 16.7 Å². The molecular weight excluding hydrogens is 424 g/mol. The van der Waals surface area contributed by atoms with Crippen LogP contribution >= 0.6 is 11.6 Å². The molecule has 6 nitrogen and oxygen atoms in total. The predicted octanol–water partition coefficient (Wildman–Crippen LogP) is 6.09. The van der Waals surface area contributed by atoms with Crippen LogP contribution in [0.15, 0.2) is 61.1 Å². The quantitative estimate of drug-likeness (QED) is 0.389. The van der Waals surface area contributed by atoms with Gasteiger partial charge in [0.2, 0.25) is 0 Å². The first-order chi connectivity index (χ1) is 15.6. The molecule has 0 saturated carbocycles. The largest absolute Gasteiger partial charge is 0.497 e. The standard InChI is InChI=1S/C25H19ClN4O2/c1-31-19-5-6-21(26)23(12-19)30-25-18(14-27)15-29-22-11-17(24(32-2)13-20(22)25)4-3-16-7-9-28-10-8-16/h3-13,15H,1-2H3,(H,29,30)/b4-3+. The van der Waals surface area contributed by atoms with E-state index in [-0.39, 0.29) is 0 Å². The predicted molar refractivity (Wildman–Crippen MR) is 127 cm³/mol. The normalized spacial score (nSPS) is 10.8. The number of nitrogens with zero attached hydrogens (tertiary/aromatic N) is 3. The van der Waals surface area contributed by atoms with Crippen molar-refractivity contribution in [3.63, 3.8) is 0 Å². The van der Waals surface area contributed by atoms with E-state index in [1.165, 1.54) is 0 Å². The number of hydrogen-bond donors (Lipinski definition) is 1. The highest BCUT2D eigenvalue weighted by atomic mass is 35.5. The third kappa shape index (κ3) is 4.34. The minimum atomic E-state index is 0.388. The summed E-state index contributed by atoms with van der Waals surface area (Å²) in [5, 5.41) is 14.2. The average molecular weight is 443 g/mol. The van der Waals surface area contributed by atoms with Crippen LogP contribution in [-0.2, 0) is 0 Å². The van der Waals surface area contributed by atoms with Crippen molar-refractivity contribution >= 4 is 46.0 Å². The number of benzene rings is 2. The maximum absolute atomic E-state index is 9.68. The second-order valence-electron chi connectivity index (χ2n) is 6.85. The number of methoxy groups -OCH3 is 2. The van der Waals surface area contributed by atoms with Crippen LogP contribution < -0.4 is 14.8 Å². The van der Waals surface area contributed by atoms with Gasteiger partial charge >= 0.3 is 0 Å². The molecule has 0 fully saturated rings. The number of ether oxygens (including phenoxy) is 2. The second kappa shape index (κ2) is 9.38. The second-order valence-corrected chi connectivity index (χ2v) is 7.26. The summed E-state index contributed by atoms with van der Waals surface area (Å²) in [6.45, 7) is 0. The van der Waals surface area contributed by atoms with Crippen LogP contribution in [0.3, 0.4) is 0 Å². The van der Waals surface area contributed by atoms with Crippen molar-refractivity contribution < 1.29 is 9.47 Å². The number of nitriles is 1. The van der Waals surface area contributed by atoms with Crippen LogP contribution in [-0.4, -0.2) is 24.2 Å². The Hall–Kier alpha value is -4.08. The number of aromatic nitrogens is 2. The first-order valence-electron chi connectivity index (χ1n) is 9.72. The average Bonchev–Trinajstić information content (AvgIpc) is 2.84. The van der Waals surface area contributed by atoms with Crippen molar-refractivity contribution in [2.75, 3.05) is 19.5 Å². The highest BCUT2D eigenvalue weighted by Gasteiger charge is 2.14. The summed E-state index contributed by atoms with van der Waals surface area (Å²) in [5.74, 6) is 1.30. The van der Waals surface area contributed by atoms with Crippen LogP contribution in [0, 0.1) is 11.3 Å². The van der Waals surface area contributed by atoms with E-state index >= 15 is 0 Å². The smallest absolute Gasteiger partial charge is 0.126 e. The zero-order valence-electron chi connectivity index (χ0n) is 17.5. The molecule has 0 atom stereocenters. The molecule has 0 aliphatic rings. The highest BCUT2D eigenvalue weighted by Crippen LogP contribution is 2.36. The van der Waals surface area contributed by atoms with Crippen molar-refractivity contribution in [1.29, 1.82) is 5.26 Å². The van der Waals surface area contributed by atoms with Gasteiger partial charge in [0.15, 0.2) is 0 Å². The maximum atomic E-state index is 9.68. The Morgan fingerprint density at radius 2 is 1.84 bits per heavy atom. The van der Waals surface area contributed by atoms with Gasteiger partial charge < -0.3 is 14.8 Å². The van der Waals surface area contributed by atoms with Crippen molar-refractivity contribution in [2.24, 2.45) is 0 Å². The van der Waals surface area contributed by atoms with E-state index < -0.39 is 0 Å². The Labute approximate surface area is 190 Å². The summed E-state index contributed by atoms with van der Waals surface area (Å²) in [7, 11) is 3.19. The van der Waals surface area contributed by atoms with Gasteiger partial charge in [-0.1, -0.05) is 23.8 Å². The third-order valence-corrected chi connectivity index (χ3v) is 5.26. The summed E-state index contributed by atoms with van der Waals surface area (Å²) in [6.07, 6.45) is 8.96. The van der Waals surface area contributed by atoms with Gasteiger partial charge in [-0.3, -0.25) is 9.97 Å². The summed E-state index contributed by atoms with van der Waals surface area (Å²) in [4.78, 5) is 8.52. The van der Waals surface area contributed by atoms with E-state index in [2.05, 4.69) is 21.4 Å². The summed E-state index contributed by atoms with van der Waals surface area (Å²) in [6, 6.07) is 15.1. The lowest BCUT2D eigenvalue weighted by Crippen LogP contribution is -1.99. The summed E-state index contributed by atoms with van der Waals surface area (Å²) >= 11 is 6.38. The molecule has 158 valence electrons. The van der Waals surface area contributed by atoms with Crippen LogP contribution in [0.25, 0.3) is 23.1 Å². The molecule has 0 saturated heterocycles. The number of nitrogens with one attached hydrogen (secondary N) is 1. The Balaban J connectivity index is 1.83. The minimum absolute atomic E-state index is 0.388. The molecule has 2 aromatic carbocycles. The van der Waals surface area contributed by atoms with Gasteiger partial charge in [0.1, 0.15) is 17.6 Å². The maximum Gasteiger partial charge on any atom is 0.126 e. The SMILES string of the molecule is COc1ccc(Cl)c(Nc2c(C#N)cnc3cc(/C=C/c4ccncc4)c(OC)cc23)c1. The number of halogens is 1. The number of hydrogen-bond acceptors (Lipinski definition) is 6.